The molecular formula is C22H16N4OS2. The minimum atomic E-state index is 0.0669. The van der Waals surface area contributed by atoms with Gasteiger partial charge in [0.05, 0.1) is 11.1 Å². The first-order valence-electron chi connectivity index (χ1n) is 9.10. The van der Waals surface area contributed by atoms with E-state index >= 15 is 0 Å². The van der Waals surface area contributed by atoms with E-state index in [-0.39, 0.29) is 5.78 Å². The number of hydrogen-bond donors (Lipinski definition) is 0. The molecule has 29 heavy (non-hydrogen) atoms. The molecule has 0 saturated carbocycles. The van der Waals surface area contributed by atoms with Gasteiger partial charge in [-0.15, -0.1) is 21.5 Å². The molecule has 5 nitrogen and oxygen atoms in total. The van der Waals surface area contributed by atoms with Gasteiger partial charge < -0.3 is 0 Å². The second kappa shape index (κ2) is 7.42. The molecule has 0 saturated heterocycles. The van der Waals surface area contributed by atoms with E-state index in [1.54, 1.807) is 17.7 Å². The molecule has 0 aliphatic carbocycles. The molecule has 0 aliphatic rings. The van der Waals surface area contributed by atoms with E-state index in [1.807, 2.05) is 34.7 Å². The van der Waals surface area contributed by atoms with Crippen LogP contribution in [0.4, 0.5) is 0 Å². The van der Waals surface area contributed by atoms with Gasteiger partial charge in [-0.3, -0.25) is 9.20 Å². The second-order valence-electron chi connectivity index (χ2n) is 6.69. The molecule has 0 fully saturated rings. The number of hydrogen-bond acceptors (Lipinski definition) is 6. The van der Waals surface area contributed by atoms with Crippen molar-refractivity contribution in [2.75, 3.05) is 5.75 Å². The molecule has 3 heterocycles. The normalized spacial score (nSPS) is 11.3. The quantitative estimate of drug-likeness (QED) is 0.288. The number of Topliss-reactive ketones (excluding diaryl/α,β-unsaturated/α-hetero) is 1. The number of ketones is 1. The fourth-order valence-electron chi connectivity index (χ4n) is 3.20. The van der Waals surface area contributed by atoms with Crippen molar-refractivity contribution in [3.63, 3.8) is 0 Å². The number of carbonyl (C=O) groups is 1. The Kier molecular flexibility index (Phi) is 4.61. The predicted octanol–water partition coefficient (Wildman–Crippen LogP) is 5.29. The number of thioether (sulfide) groups is 1. The molecule has 5 rings (SSSR count). The molecule has 0 unspecified atom stereocenters. The molecule has 0 atom stereocenters. The molecule has 0 amide bonds. The Morgan fingerprint density at radius 1 is 1.07 bits per heavy atom. The van der Waals surface area contributed by atoms with Crippen molar-refractivity contribution in [3.8, 4) is 11.1 Å². The van der Waals surface area contributed by atoms with E-state index in [0.29, 0.717) is 16.5 Å². The number of aryl methyl sites for hydroxylation is 1. The van der Waals surface area contributed by atoms with Crippen LogP contribution in [-0.4, -0.2) is 31.1 Å². The van der Waals surface area contributed by atoms with Gasteiger partial charge in [-0.2, -0.15) is 0 Å². The minimum absolute atomic E-state index is 0.0669. The summed E-state index contributed by atoms with van der Waals surface area (Å²) in [6.07, 6.45) is 1.74. The van der Waals surface area contributed by atoms with Crippen LogP contribution in [0.1, 0.15) is 15.9 Å². The first-order valence-corrected chi connectivity index (χ1v) is 11.0. The van der Waals surface area contributed by atoms with E-state index < -0.39 is 0 Å². The fraction of sp³-hybridized carbons (Fsp3) is 0.0909. The lowest BCUT2D eigenvalue weighted by Crippen LogP contribution is -2.02. The van der Waals surface area contributed by atoms with Crippen molar-refractivity contribution in [2.24, 2.45) is 0 Å². The molecule has 142 valence electrons. The number of carbonyl (C=O) groups excluding carboxylic acids is 1. The molecule has 3 aromatic heterocycles. The van der Waals surface area contributed by atoms with Crippen molar-refractivity contribution >= 4 is 44.7 Å². The van der Waals surface area contributed by atoms with Gasteiger partial charge in [0, 0.05) is 16.5 Å². The maximum Gasteiger partial charge on any atom is 0.197 e. The maximum absolute atomic E-state index is 12.4. The summed E-state index contributed by atoms with van der Waals surface area (Å²) < 4.78 is 1.87. The van der Waals surface area contributed by atoms with E-state index in [4.69, 9.17) is 0 Å². The maximum atomic E-state index is 12.4. The summed E-state index contributed by atoms with van der Waals surface area (Å²) in [6, 6.07) is 17.7. The molecule has 7 heteroatoms. The van der Waals surface area contributed by atoms with Crippen LogP contribution >= 0.6 is 23.1 Å². The Balaban J connectivity index is 1.51. The average molecular weight is 417 g/mol. The van der Waals surface area contributed by atoms with Gasteiger partial charge in [-0.1, -0.05) is 71.9 Å². The number of aromatic nitrogens is 4. The van der Waals surface area contributed by atoms with Gasteiger partial charge in [0.1, 0.15) is 11.2 Å². The first-order chi connectivity index (χ1) is 14.2. The largest absolute Gasteiger partial charge is 0.293 e. The summed E-state index contributed by atoms with van der Waals surface area (Å²) in [5, 5.41) is 12.5. The van der Waals surface area contributed by atoms with Gasteiger partial charge in [-0.25, -0.2) is 4.98 Å². The van der Waals surface area contributed by atoms with Crippen LogP contribution in [0.2, 0.25) is 0 Å². The molecule has 0 N–H and O–H groups in total. The van der Waals surface area contributed by atoms with E-state index in [0.717, 1.165) is 27.0 Å². The van der Waals surface area contributed by atoms with Gasteiger partial charge in [0.25, 0.3) is 0 Å². The van der Waals surface area contributed by atoms with Gasteiger partial charge in [0.2, 0.25) is 0 Å². The summed E-state index contributed by atoms with van der Waals surface area (Å²) in [6.45, 7) is 2.08. The van der Waals surface area contributed by atoms with Crippen molar-refractivity contribution in [2.45, 2.75) is 12.1 Å². The molecular weight excluding hydrogens is 400 g/mol. The molecule has 0 radical (unpaired) electrons. The van der Waals surface area contributed by atoms with Crippen LogP contribution in [0.15, 0.2) is 71.5 Å². The Labute approximate surface area is 175 Å². The smallest absolute Gasteiger partial charge is 0.197 e. The Morgan fingerprint density at radius 2 is 1.86 bits per heavy atom. The van der Waals surface area contributed by atoms with Crippen LogP contribution in [0.25, 0.3) is 27.0 Å². The third kappa shape index (κ3) is 3.32. The monoisotopic (exact) mass is 416 g/mol. The van der Waals surface area contributed by atoms with Crippen LogP contribution in [-0.2, 0) is 0 Å². The van der Waals surface area contributed by atoms with E-state index in [2.05, 4.69) is 51.8 Å². The number of thiophene rings is 1. The second-order valence-corrected chi connectivity index (χ2v) is 8.49. The summed E-state index contributed by atoms with van der Waals surface area (Å²) in [5.74, 6) is 0.370. The third-order valence-corrected chi connectivity index (χ3v) is 6.57. The highest BCUT2D eigenvalue weighted by Gasteiger charge is 2.17. The summed E-state index contributed by atoms with van der Waals surface area (Å²) >= 11 is 2.98. The molecule has 0 bridgehead atoms. The van der Waals surface area contributed by atoms with Crippen LogP contribution in [0, 0.1) is 6.92 Å². The standard InChI is InChI=1S/C22H16N4OS2/c1-14-7-9-15(10-8-14)17-11-28-21-19(17)20-24-25-22(26(20)13-23-21)29-12-18(27)16-5-3-2-4-6-16/h2-11,13H,12H2,1H3. The van der Waals surface area contributed by atoms with Crippen molar-refractivity contribution in [1.82, 2.24) is 19.6 Å². The van der Waals surface area contributed by atoms with Crippen LogP contribution in [0.3, 0.4) is 0 Å². The van der Waals surface area contributed by atoms with Crippen molar-refractivity contribution < 1.29 is 4.79 Å². The number of nitrogens with zero attached hydrogens (tertiary/aromatic N) is 4. The number of rotatable bonds is 5. The molecule has 5 aromatic rings. The minimum Gasteiger partial charge on any atom is -0.293 e. The highest BCUT2D eigenvalue weighted by Crippen LogP contribution is 2.35. The molecule has 0 aliphatic heterocycles. The van der Waals surface area contributed by atoms with E-state index in [1.165, 1.54) is 17.3 Å². The Morgan fingerprint density at radius 3 is 2.66 bits per heavy atom. The lowest BCUT2D eigenvalue weighted by atomic mass is 10.0. The SMILES string of the molecule is Cc1ccc(-c2csc3ncn4c(SCC(=O)c5ccccc5)nnc4c23)cc1. The number of benzene rings is 2. The average Bonchev–Trinajstić information content (AvgIpc) is 3.37. The van der Waals surface area contributed by atoms with Gasteiger partial charge >= 0.3 is 0 Å². The van der Waals surface area contributed by atoms with Crippen LogP contribution in [0.5, 0.6) is 0 Å². The first kappa shape index (κ1) is 18.0. The van der Waals surface area contributed by atoms with Crippen molar-refractivity contribution in [1.29, 1.82) is 0 Å². The zero-order valence-electron chi connectivity index (χ0n) is 15.6. The topological polar surface area (TPSA) is 60.2 Å². The summed E-state index contributed by atoms with van der Waals surface area (Å²) in [7, 11) is 0. The third-order valence-electron chi connectivity index (χ3n) is 4.74. The molecule has 0 spiro atoms. The highest BCUT2D eigenvalue weighted by atomic mass is 32.2. The Bertz CT molecular complexity index is 1320. The van der Waals surface area contributed by atoms with E-state index in [9.17, 15) is 4.79 Å². The predicted molar refractivity (Wildman–Crippen MR) is 118 cm³/mol. The summed E-state index contributed by atoms with van der Waals surface area (Å²) in [4.78, 5) is 17.9. The Hall–Kier alpha value is -3.03. The highest BCUT2D eigenvalue weighted by molar-refractivity contribution is 7.99. The van der Waals surface area contributed by atoms with Gasteiger partial charge in [-0.05, 0) is 12.5 Å². The lowest BCUT2D eigenvalue weighted by Gasteiger charge is -2.03. The fourth-order valence-corrected chi connectivity index (χ4v) is 4.91. The lowest BCUT2D eigenvalue weighted by molar-refractivity contribution is 0.102. The van der Waals surface area contributed by atoms with Gasteiger partial charge in [0.15, 0.2) is 16.6 Å². The zero-order valence-corrected chi connectivity index (χ0v) is 17.2. The number of fused-ring (bicyclic) bond motifs is 3. The zero-order chi connectivity index (χ0) is 19.8. The van der Waals surface area contributed by atoms with Crippen LogP contribution < -0.4 is 0 Å². The summed E-state index contributed by atoms with van der Waals surface area (Å²) in [5.41, 5.74) is 4.93. The van der Waals surface area contributed by atoms with Crippen molar-refractivity contribution in [3.05, 3.63) is 77.4 Å². The molecule has 2 aromatic carbocycles.